The average molecular weight is 508 g/mol. The van der Waals surface area contributed by atoms with E-state index in [4.69, 9.17) is 35.6 Å². The van der Waals surface area contributed by atoms with Crippen LogP contribution in [-0.2, 0) is 18.8 Å². The number of ether oxygens (including phenoxy) is 3. The van der Waals surface area contributed by atoms with Crippen LogP contribution in [-0.4, -0.2) is 97.6 Å². The van der Waals surface area contributed by atoms with Gasteiger partial charge in [0.05, 0.1) is 12.9 Å². The van der Waals surface area contributed by atoms with E-state index in [1.165, 1.54) is 10.9 Å². The molecule has 0 aromatic carbocycles. The maximum Gasteiger partial charge on any atom is 0.350 e. The van der Waals surface area contributed by atoms with Gasteiger partial charge in [-0.05, 0) is 30.4 Å². The Bertz CT molecular complexity index is 1010. The molecular formula is C18H27ClN5O8P. The summed E-state index contributed by atoms with van der Waals surface area (Å²) in [6, 6.07) is 0. The summed E-state index contributed by atoms with van der Waals surface area (Å²) >= 11 is 6.21. The minimum Gasteiger partial charge on any atom is -0.387 e. The first-order chi connectivity index (χ1) is 15.7. The van der Waals surface area contributed by atoms with Crippen molar-refractivity contribution >= 4 is 36.2 Å². The monoisotopic (exact) mass is 507 g/mol. The van der Waals surface area contributed by atoms with Crippen molar-refractivity contribution in [2.75, 3.05) is 44.7 Å². The first kappa shape index (κ1) is 24.7. The van der Waals surface area contributed by atoms with Gasteiger partial charge < -0.3 is 39.1 Å². The van der Waals surface area contributed by atoms with Crippen LogP contribution in [0.5, 0.6) is 0 Å². The molecule has 4 rings (SSSR count). The Morgan fingerprint density at radius 2 is 1.94 bits per heavy atom. The largest absolute Gasteiger partial charge is 0.387 e. The predicted molar refractivity (Wildman–Crippen MR) is 116 cm³/mol. The van der Waals surface area contributed by atoms with Crippen LogP contribution in [0.4, 0.5) is 5.82 Å². The minimum absolute atomic E-state index is 0.00725. The standard InChI is InChI=1S/C18H27ClN5O8P/c1-30-6-10-2-4-23(5-3-10)15-12-16(22-18(19)21-15)24(8-20-12)17-14(26)13(25)11(32-17)7-31-9-33(27,28)29/h8,10-11,13-14,17,25-26H,2-7,9H2,1H3,(H2,27,28,29)/t11-,13-,14-,17-/m1/s1. The summed E-state index contributed by atoms with van der Waals surface area (Å²) in [6.45, 7) is 1.90. The lowest BCUT2D eigenvalue weighted by Crippen LogP contribution is -2.35. The number of nitrogens with zero attached hydrogens (tertiary/aromatic N) is 5. The van der Waals surface area contributed by atoms with Crippen molar-refractivity contribution in [1.29, 1.82) is 0 Å². The summed E-state index contributed by atoms with van der Waals surface area (Å²) in [6.07, 6.45) is -2.29. The summed E-state index contributed by atoms with van der Waals surface area (Å²) in [5, 5.41) is 20.9. The zero-order chi connectivity index (χ0) is 23.8. The van der Waals surface area contributed by atoms with Crippen LogP contribution in [0.2, 0.25) is 5.28 Å². The molecule has 4 N–H and O–H groups in total. The zero-order valence-electron chi connectivity index (χ0n) is 17.9. The number of fused-ring (bicyclic) bond motifs is 1. The molecule has 0 unspecified atom stereocenters. The number of halogens is 1. The van der Waals surface area contributed by atoms with Crippen LogP contribution in [0.25, 0.3) is 11.2 Å². The predicted octanol–water partition coefficient (Wildman–Crippen LogP) is 0.113. The highest BCUT2D eigenvalue weighted by molar-refractivity contribution is 7.51. The fraction of sp³-hybridized carbons (Fsp3) is 0.722. The lowest BCUT2D eigenvalue weighted by Gasteiger charge is -2.32. The van der Waals surface area contributed by atoms with Gasteiger partial charge in [0.1, 0.15) is 24.7 Å². The molecule has 2 saturated heterocycles. The second kappa shape index (κ2) is 10.1. The summed E-state index contributed by atoms with van der Waals surface area (Å²) < 4.78 is 28.4. The third-order valence-corrected chi connectivity index (χ3v) is 6.53. The van der Waals surface area contributed by atoms with Crippen molar-refractivity contribution in [2.45, 2.75) is 37.4 Å². The van der Waals surface area contributed by atoms with Gasteiger partial charge in [-0.1, -0.05) is 0 Å². The van der Waals surface area contributed by atoms with Crippen molar-refractivity contribution in [3.8, 4) is 0 Å². The summed E-state index contributed by atoms with van der Waals surface area (Å²) in [4.78, 5) is 33.0. The maximum atomic E-state index is 11.0. The highest BCUT2D eigenvalue weighted by atomic mass is 35.5. The SMILES string of the molecule is COCC1CCN(c2nc(Cl)nc3c2ncn3[C@@H]2O[C@H](COCP(=O)(O)O)[C@@H](O)[C@H]2O)CC1. The molecule has 15 heteroatoms. The molecule has 0 amide bonds. The number of hydrogen-bond acceptors (Lipinski definition) is 10. The molecule has 4 heterocycles. The summed E-state index contributed by atoms with van der Waals surface area (Å²) in [5.74, 6) is 1.05. The highest BCUT2D eigenvalue weighted by Crippen LogP contribution is 2.36. The van der Waals surface area contributed by atoms with Crippen molar-refractivity contribution in [3.05, 3.63) is 11.6 Å². The molecule has 4 atom stereocenters. The zero-order valence-corrected chi connectivity index (χ0v) is 19.5. The Hall–Kier alpha value is -1.41. The third kappa shape index (κ3) is 5.47. The van der Waals surface area contributed by atoms with Gasteiger partial charge in [-0.3, -0.25) is 9.13 Å². The Balaban J connectivity index is 1.54. The normalized spacial score (nSPS) is 27.0. The Morgan fingerprint density at radius 1 is 1.21 bits per heavy atom. The van der Waals surface area contributed by atoms with Crippen LogP contribution >= 0.6 is 19.2 Å². The molecule has 184 valence electrons. The molecule has 0 bridgehead atoms. The van der Waals surface area contributed by atoms with Crippen LogP contribution in [0.15, 0.2) is 6.33 Å². The Morgan fingerprint density at radius 3 is 2.61 bits per heavy atom. The van der Waals surface area contributed by atoms with E-state index in [1.807, 2.05) is 0 Å². The van der Waals surface area contributed by atoms with E-state index in [0.29, 0.717) is 29.5 Å². The molecule has 2 fully saturated rings. The van der Waals surface area contributed by atoms with E-state index in [-0.39, 0.29) is 11.9 Å². The van der Waals surface area contributed by atoms with Crippen molar-refractivity contribution in [1.82, 2.24) is 19.5 Å². The molecular weight excluding hydrogens is 481 g/mol. The van der Waals surface area contributed by atoms with Gasteiger partial charge in [-0.15, -0.1) is 0 Å². The van der Waals surface area contributed by atoms with Crippen molar-refractivity contribution < 1.29 is 38.8 Å². The van der Waals surface area contributed by atoms with Gasteiger partial charge in [0.15, 0.2) is 23.2 Å². The quantitative estimate of drug-likeness (QED) is 0.281. The fourth-order valence-corrected chi connectivity index (χ4v) is 4.72. The van der Waals surface area contributed by atoms with E-state index >= 15 is 0 Å². The van der Waals surface area contributed by atoms with Crippen LogP contribution in [0, 0.1) is 5.92 Å². The molecule has 0 aliphatic carbocycles. The fourth-order valence-electron chi connectivity index (χ4n) is 4.21. The number of aromatic nitrogens is 4. The first-order valence-corrected chi connectivity index (χ1v) is 12.6. The van der Waals surface area contributed by atoms with Crippen LogP contribution < -0.4 is 4.90 Å². The van der Waals surface area contributed by atoms with Crippen molar-refractivity contribution in [2.24, 2.45) is 5.92 Å². The number of anilines is 1. The van der Waals surface area contributed by atoms with Crippen molar-refractivity contribution in [3.63, 3.8) is 0 Å². The smallest absolute Gasteiger partial charge is 0.350 e. The molecule has 2 aliphatic heterocycles. The summed E-state index contributed by atoms with van der Waals surface area (Å²) in [7, 11) is -2.67. The van der Waals surface area contributed by atoms with Gasteiger partial charge in [0.25, 0.3) is 0 Å². The number of imidazole rings is 1. The number of piperidine rings is 1. The number of methoxy groups -OCH3 is 1. The third-order valence-electron chi connectivity index (χ3n) is 5.85. The van der Waals surface area contributed by atoms with Crippen LogP contribution in [0.3, 0.4) is 0 Å². The van der Waals surface area contributed by atoms with Gasteiger partial charge in [0.2, 0.25) is 5.28 Å². The first-order valence-electron chi connectivity index (χ1n) is 10.5. The van der Waals surface area contributed by atoms with E-state index in [9.17, 15) is 14.8 Å². The van der Waals surface area contributed by atoms with E-state index in [2.05, 4.69) is 19.9 Å². The molecule has 0 saturated carbocycles. The number of rotatable bonds is 8. The number of aliphatic hydroxyl groups excluding tert-OH is 2. The average Bonchev–Trinajstić information content (AvgIpc) is 3.29. The Kier molecular flexibility index (Phi) is 7.53. The van der Waals surface area contributed by atoms with Gasteiger partial charge in [-0.25, -0.2) is 4.98 Å². The second-order valence-electron chi connectivity index (χ2n) is 8.24. The molecule has 2 aliphatic rings. The Labute approximate surface area is 194 Å². The van der Waals surface area contributed by atoms with Gasteiger partial charge in [0, 0.05) is 26.8 Å². The lowest BCUT2D eigenvalue weighted by atomic mass is 9.98. The molecule has 33 heavy (non-hydrogen) atoms. The van der Waals surface area contributed by atoms with Gasteiger partial charge >= 0.3 is 7.60 Å². The van der Waals surface area contributed by atoms with E-state index in [0.717, 1.165) is 25.9 Å². The lowest BCUT2D eigenvalue weighted by molar-refractivity contribution is -0.0612. The summed E-state index contributed by atoms with van der Waals surface area (Å²) in [5.41, 5.74) is 0.813. The van der Waals surface area contributed by atoms with E-state index < -0.39 is 38.5 Å². The minimum atomic E-state index is -4.37. The van der Waals surface area contributed by atoms with E-state index in [1.54, 1.807) is 7.11 Å². The van der Waals surface area contributed by atoms with Crippen LogP contribution in [0.1, 0.15) is 19.1 Å². The second-order valence-corrected chi connectivity index (χ2v) is 10.2. The topological polar surface area (TPSA) is 173 Å². The molecule has 0 spiro atoms. The molecule has 13 nitrogen and oxygen atoms in total. The molecule has 0 radical (unpaired) electrons. The maximum absolute atomic E-state index is 11.0. The molecule has 2 aromatic heterocycles. The van der Waals surface area contributed by atoms with Gasteiger partial charge in [-0.2, -0.15) is 9.97 Å². The highest BCUT2D eigenvalue weighted by Gasteiger charge is 2.44. The number of hydrogen-bond donors (Lipinski definition) is 4. The number of aliphatic hydroxyl groups is 2. The molecule has 2 aromatic rings.